The fourth-order valence-electron chi connectivity index (χ4n) is 2.54. The van der Waals surface area contributed by atoms with Crippen molar-refractivity contribution >= 4 is 17.7 Å². The first-order valence-corrected chi connectivity index (χ1v) is 7.69. The van der Waals surface area contributed by atoms with Gasteiger partial charge in [0.25, 0.3) is 5.91 Å². The molecule has 1 aromatic carbocycles. The van der Waals surface area contributed by atoms with Gasteiger partial charge in [0.05, 0.1) is 0 Å². The Kier molecular flexibility index (Phi) is 3.57. The summed E-state index contributed by atoms with van der Waals surface area (Å²) in [6.45, 7) is 1.92. The number of hydrogen-bond acceptors (Lipinski definition) is 3. The summed E-state index contributed by atoms with van der Waals surface area (Å²) in [5.41, 5.74) is 3.45. The van der Waals surface area contributed by atoms with Crippen LogP contribution in [0.5, 0.6) is 0 Å². The number of fused-ring (bicyclic) bond motifs is 1. The highest BCUT2D eigenvalue weighted by molar-refractivity contribution is 7.99. The molecule has 1 unspecified atom stereocenters. The van der Waals surface area contributed by atoms with Crippen molar-refractivity contribution in [1.82, 2.24) is 10.6 Å². The molecule has 0 aliphatic carbocycles. The molecule has 0 radical (unpaired) electrons. The van der Waals surface area contributed by atoms with E-state index in [-0.39, 0.29) is 5.91 Å². The zero-order valence-electron chi connectivity index (χ0n) is 10.4. The number of nitrogens with one attached hydrogen (secondary N) is 2. The fraction of sp³-hybridized carbons (Fsp3) is 0.500. The van der Waals surface area contributed by atoms with Crippen molar-refractivity contribution in [1.29, 1.82) is 0 Å². The Morgan fingerprint density at radius 1 is 1.39 bits per heavy atom. The second kappa shape index (κ2) is 5.33. The molecule has 0 bridgehead atoms. The quantitative estimate of drug-likeness (QED) is 0.850. The Morgan fingerprint density at radius 3 is 3.17 bits per heavy atom. The minimum Gasteiger partial charge on any atom is -0.348 e. The van der Waals surface area contributed by atoms with Gasteiger partial charge in [0.2, 0.25) is 0 Å². The number of amides is 1. The van der Waals surface area contributed by atoms with Crippen LogP contribution in [-0.4, -0.2) is 30.0 Å². The van der Waals surface area contributed by atoms with Crippen LogP contribution in [0.1, 0.15) is 27.9 Å². The molecule has 1 fully saturated rings. The molecule has 0 spiro atoms. The second-order valence-corrected chi connectivity index (χ2v) is 6.09. The minimum absolute atomic E-state index is 0.0795. The maximum Gasteiger partial charge on any atom is 0.251 e. The van der Waals surface area contributed by atoms with E-state index in [0.717, 1.165) is 37.2 Å². The van der Waals surface area contributed by atoms with Crippen molar-refractivity contribution in [2.24, 2.45) is 0 Å². The van der Waals surface area contributed by atoms with Crippen molar-refractivity contribution in [3.8, 4) is 0 Å². The lowest BCUT2D eigenvalue weighted by atomic mass is 9.98. The maximum absolute atomic E-state index is 12.1. The van der Waals surface area contributed by atoms with Gasteiger partial charge in [0.15, 0.2) is 0 Å². The molecule has 4 heteroatoms. The molecule has 3 rings (SSSR count). The third-order valence-corrected chi connectivity index (χ3v) is 4.78. The lowest BCUT2D eigenvalue weighted by Gasteiger charge is -2.18. The van der Waals surface area contributed by atoms with Crippen LogP contribution in [0.3, 0.4) is 0 Å². The molecule has 2 heterocycles. The number of rotatable bonds is 2. The Bertz CT molecular complexity index is 455. The normalized spacial score (nSPS) is 22.6. The first-order valence-electron chi connectivity index (χ1n) is 6.54. The van der Waals surface area contributed by atoms with Gasteiger partial charge in [-0.1, -0.05) is 6.07 Å². The van der Waals surface area contributed by atoms with E-state index in [1.165, 1.54) is 16.9 Å². The van der Waals surface area contributed by atoms with Crippen molar-refractivity contribution in [3.63, 3.8) is 0 Å². The van der Waals surface area contributed by atoms with Gasteiger partial charge in [0, 0.05) is 23.9 Å². The average Bonchev–Trinajstić information content (AvgIpc) is 2.91. The minimum atomic E-state index is 0.0795. The van der Waals surface area contributed by atoms with Crippen molar-refractivity contribution < 1.29 is 4.79 Å². The van der Waals surface area contributed by atoms with E-state index >= 15 is 0 Å². The van der Waals surface area contributed by atoms with Crippen LogP contribution in [0.15, 0.2) is 18.2 Å². The standard InChI is InChI=1S/C14H18N2OS/c17-14(16-13-4-6-18-9-13)11-2-1-10-3-5-15-8-12(10)7-11/h1-2,7,13,15H,3-6,8-9H2,(H,16,17). The number of benzene rings is 1. The van der Waals surface area contributed by atoms with Gasteiger partial charge in [0.1, 0.15) is 0 Å². The molecule has 0 saturated carbocycles. The van der Waals surface area contributed by atoms with Crippen LogP contribution >= 0.6 is 11.8 Å². The van der Waals surface area contributed by atoms with Gasteiger partial charge in [-0.2, -0.15) is 11.8 Å². The first-order chi connectivity index (χ1) is 8.83. The summed E-state index contributed by atoms with van der Waals surface area (Å²) in [6.07, 6.45) is 2.17. The van der Waals surface area contributed by atoms with E-state index < -0.39 is 0 Å². The van der Waals surface area contributed by atoms with Gasteiger partial charge in [-0.15, -0.1) is 0 Å². The van der Waals surface area contributed by atoms with Crippen LogP contribution in [0.2, 0.25) is 0 Å². The van der Waals surface area contributed by atoms with Crippen LogP contribution in [0, 0.1) is 0 Å². The predicted octanol–water partition coefficient (Wildman–Crippen LogP) is 1.57. The van der Waals surface area contributed by atoms with E-state index in [4.69, 9.17) is 0 Å². The summed E-state index contributed by atoms with van der Waals surface area (Å²) in [6, 6.07) is 6.46. The summed E-state index contributed by atoms with van der Waals surface area (Å²) < 4.78 is 0. The molecule has 1 atom stereocenters. The molecule has 96 valence electrons. The second-order valence-electron chi connectivity index (χ2n) is 4.94. The molecule has 1 amide bonds. The molecule has 0 aromatic heterocycles. The first kappa shape index (κ1) is 12.1. The Labute approximate surface area is 112 Å². The molecular formula is C14H18N2OS. The lowest BCUT2D eigenvalue weighted by Crippen LogP contribution is -2.34. The number of carbonyl (C=O) groups is 1. The van der Waals surface area contributed by atoms with E-state index in [2.05, 4.69) is 16.7 Å². The Balaban J connectivity index is 1.73. The van der Waals surface area contributed by atoms with Crippen LogP contribution in [0.25, 0.3) is 0 Å². The zero-order chi connectivity index (χ0) is 12.4. The summed E-state index contributed by atoms with van der Waals surface area (Å²) in [4.78, 5) is 12.1. The largest absolute Gasteiger partial charge is 0.348 e. The van der Waals surface area contributed by atoms with E-state index in [1.54, 1.807) is 0 Å². The molecular weight excluding hydrogens is 244 g/mol. The SMILES string of the molecule is O=C(NC1CCSC1)c1ccc2c(c1)CNCC2. The topological polar surface area (TPSA) is 41.1 Å². The van der Waals surface area contributed by atoms with Crippen molar-refractivity contribution in [2.75, 3.05) is 18.1 Å². The molecule has 1 saturated heterocycles. The monoisotopic (exact) mass is 262 g/mol. The third kappa shape index (κ3) is 2.54. The van der Waals surface area contributed by atoms with Crippen molar-refractivity contribution in [2.45, 2.75) is 25.4 Å². The van der Waals surface area contributed by atoms with Gasteiger partial charge in [-0.25, -0.2) is 0 Å². The zero-order valence-corrected chi connectivity index (χ0v) is 11.2. The summed E-state index contributed by atoms with van der Waals surface area (Å²) >= 11 is 1.92. The van der Waals surface area contributed by atoms with Crippen molar-refractivity contribution in [3.05, 3.63) is 34.9 Å². The Morgan fingerprint density at radius 2 is 2.33 bits per heavy atom. The van der Waals surface area contributed by atoms with Gasteiger partial charge in [-0.05, 0) is 48.4 Å². The smallest absolute Gasteiger partial charge is 0.251 e. The molecule has 1 aromatic rings. The third-order valence-electron chi connectivity index (χ3n) is 3.62. The maximum atomic E-state index is 12.1. The summed E-state index contributed by atoms with van der Waals surface area (Å²) in [7, 11) is 0. The Hall–Kier alpha value is -1.00. The average molecular weight is 262 g/mol. The van der Waals surface area contributed by atoms with Crippen LogP contribution < -0.4 is 10.6 Å². The molecule has 2 aliphatic heterocycles. The number of carbonyl (C=O) groups excluding carboxylic acids is 1. The van der Waals surface area contributed by atoms with E-state index in [0.29, 0.717) is 6.04 Å². The summed E-state index contributed by atoms with van der Waals surface area (Å²) in [5.74, 6) is 2.30. The van der Waals surface area contributed by atoms with Gasteiger partial charge in [-0.3, -0.25) is 4.79 Å². The number of hydrogen-bond donors (Lipinski definition) is 2. The summed E-state index contributed by atoms with van der Waals surface area (Å²) in [5, 5.41) is 6.47. The number of thioether (sulfide) groups is 1. The predicted molar refractivity (Wildman–Crippen MR) is 75.0 cm³/mol. The van der Waals surface area contributed by atoms with E-state index in [1.807, 2.05) is 23.9 Å². The van der Waals surface area contributed by atoms with Gasteiger partial charge < -0.3 is 10.6 Å². The molecule has 2 N–H and O–H groups in total. The fourth-order valence-corrected chi connectivity index (χ4v) is 3.69. The van der Waals surface area contributed by atoms with Crippen LogP contribution in [0.4, 0.5) is 0 Å². The van der Waals surface area contributed by atoms with Crippen LogP contribution in [-0.2, 0) is 13.0 Å². The van der Waals surface area contributed by atoms with E-state index in [9.17, 15) is 4.79 Å². The molecule has 3 nitrogen and oxygen atoms in total. The molecule has 18 heavy (non-hydrogen) atoms. The highest BCUT2D eigenvalue weighted by atomic mass is 32.2. The highest BCUT2D eigenvalue weighted by Gasteiger charge is 2.19. The lowest BCUT2D eigenvalue weighted by molar-refractivity contribution is 0.0941. The van der Waals surface area contributed by atoms with Gasteiger partial charge >= 0.3 is 0 Å². The molecule has 2 aliphatic rings. The highest BCUT2D eigenvalue weighted by Crippen LogP contribution is 2.19.